The van der Waals surface area contributed by atoms with E-state index in [2.05, 4.69) is 20.8 Å². The van der Waals surface area contributed by atoms with E-state index >= 15 is 0 Å². The average Bonchev–Trinajstić information content (AvgIpc) is 3.03. The van der Waals surface area contributed by atoms with Crippen LogP contribution < -0.4 is 10.6 Å². The van der Waals surface area contributed by atoms with Gasteiger partial charge in [-0.25, -0.2) is 4.39 Å². The average molecular weight is 388 g/mol. The molecule has 1 aromatic heterocycles. The highest BCUT2D eigenvalue weighted by Crippen LogP contribution is 2.31. The molecule has 1 heterocycles. The lowest BCUT2D eigenvalue weighted by Crippen LogP contribution is -2.22. The van der Waals surface area contributed by atoms with Crippen LogP contribution in [0.15, 0.2) is 52.9 Å². The van der Waals surface area contributed by atoms with Gasteiger partial charge in [-0.05, 0) is 43.7 Å². The van der Waals surface area contributed by atoms with E-state index in [0.29, 0.717) is 9.47 Å². The van der Waals surface area contributed by atoms with Gasteiger partial charge in [-0.1, -0.05) is 47.4 Å². The summed E-state index contributed by atoms with van der Waals surface area (Å²) in [6.45, 7) is 3.76. The van der Waals surface area contributed by atoms with Crippen molar-refractivity contribution in [3.8, 4) is 0 Å². The minimum Gasteiger partial charge on any atom is -0.330 e. The summed E-state index contributed by atoms with van der Waals surface area (Å²) in [4.78, 5) is 12.2. The highest BCUT2D eigenvalue weighted by molar-refractivity contribution is 8.02. The topological polar surface area (TPSA) is 66.9 Å². The maximum atomic E-state index is 13.6. The van der Waals surface area contributed by atoms with Gasteiger partial charge >= 0.3 is 0 Å². The van der Waals surface area contributed by atoms with Crippen molar-refractivity contribution in [1.82, 2.24) is 10.2 Å². The van der Waals surface area contributed by atoms with Gasteiger partial charge in [0.15, 0.2) is 4.34 Å². The number of aromatic nitrogens is 2. The normalized spacial score (nSPS) is 11.8. The Bertz CT molecular complexity index is 915. The molecule has 1 amide bonds. The number of thioether (sulfide) groups is 1. The van der Waals surface area contributed by atoms with Crippen molar-refractivity contribution in [2.75, 3.05) is 10.6 Å². The van der Waals surface area contributed by atoms with Crippen molar-refractivity contribution in [1.29, 1.82) is 0 Å². The fourth-order valence-corrected chi connectivity index (χ4v) is 4.07. The zero-order valence-electron chi connectivity index (χ0n) is 14.2. The van der Waals surface area contributed by atoms with Gasteiger partial charge in [-0.2, -0.15) is 0 Å². The van der Waals surface area contributed by atoms with Gasteiger partial charge in [-0.3, -0.25) is 4.79 Å². The molecule has 0 aliphatic heterocycles. The smallest absolute Gasteiger partial charge is 0.237 e. The summed E-state index contributed by atoms with van der Waals surface area (Å²) in [7, 11) is 0. The maximum Gasteiger partial charge on any atom is 0.237 e. The van der Waals surface area contributed by atoms with Crippen LogP contribution in [-0.4, -0.2) is 21.4 Å². The van der Waals surface area contributed by atoms with Crippen LogP contribution in [0.5, 0.6) is 0 Å². The van der Waals surface area contributed by atoms with Gasteiger partial charge in [0.1, 0.15) is 5.82 Å². The van der Waals surface area contributed by atoms with Crippen LogP contribution in [0.2, 0.25) is 0 Å². The quantitative estimate of drug-likeness (QED) is 0.591. The number of carbonyl (C=O) groups excluding carboxylic acids is 1. The number of nitrogens with one attached hydrogen (secondary N) is 2. The maximum absolute atomic E-state index is 13.6. The number of hydrogen-bond donors (Lipinski definition) is 2. The first-order valence-corrected chi connectivity index (χ1v) is 9.60. The summed E-state index contributed by atoms with van der Waals surface area (Å²) in [5.74, 6) is -0.748. The van der Waals surface area contributed by atoms with E-state index < -0.39 is 11.1 Å². The lowest BCUT2D eigenvalue weighted by atomic mass is 10.2. The highest BCUT2D eigenvalue weighted by Gasteiger charge is 2.18. The fourth-order valence-electron chi connectivity index (χ4n) is 2.16. The summed E-state index contributed by atoms with van der Waals surface area (Å²) in [5, 5.41) is 14.2. The molecule has 0 saturated carbocycles. The molecule has 2 aromatic carbocycles. The Balaban J connectivity index is 1.59. The zero-order chi connectivity index (χ0) is 18.5. The van der Waals surface area contributed by atoms with E-state index in [1.165, 1.54) is 35.2 Å². The molecule has 134 valence electrons. The van der Waals surface area contributed by atoms with E-state index in [1.54, 1.807) is 19.1 Å². The molecule has 2 N–H and O–H groups in total. The molecule has 8 heteroatoms. The van der Waals surface area contributed by atoms with Crippen LogP contribution in [-0.2, 0) is 4.79 Å². The number of nitrogens with zero attached hydrogens (tertiary/aromatic N) is 2. The number of amides is 1. The van der Waals surface area contributed by atoms with Crippen LogP contribution in [0.1, 0.15) is 12.5 Å². The van der Waals surface area contributed by atoms with E-state index in [1.807, 2.05) is 31.2 Å². The number of aryl methyl sites for hydroxylation is 1. The summed E-state index contributed by atoms with van der Waals surface area (Å²) in [6, 6.07) is 14.0. The lowest BCUT2D eigenvalue weighted by Gasteiger charge is -2.10. The molecule has 5 nitrogen and oxygen atoms in total. The number of halogens is 1. The zero-order valence-corrected chi connectivity index (χ0v) is 15.8. The van der Waals surface area contributed by atoms with Crippen molar-refractivity contribution in [3.05, 3.63) is 59.9 Å². The second-order valence-corrected chi connectivity index (χ2v) is 8.16. The fraction of sp³-hybridized carbons (Fsp3) is 0.167. The number of benzene rings is 2. The standard InChI is InChI=1S/C18H17FN4OS2/c1-11-6-5-7-13(10-11)20-17-22-23-18(26-17)25-12(2)16(24)21-15-9-4-3-8-14(15)19/h3-10,12H,1-2H3,(H,20,22)(H,21,24)/t12-/m1/s1. The third-order valence-corrected chi connectivity index (χ3v) is 5.48. The Labute approximate surface area is 159 Å². The molecule has 0 radical (unpaired) electrons. The highest BCUT2D eigenvalue weighted by atomic mass is 32.2. The molecule has 0 spiro atoms. The largest absolute Gasteiger partial charge is 0.330 e. The Morgan fingerprint density at radius 3 is 2.77 bits per heavy atom. The van der Waals surface area contributed by atoms with Crippen LogP contribution in [0.25, 0.3) is 0 Å². The molecule has 3 rings (SSSR count). The number of para-hydroxylation sites is 1. The minimum atomic E-state index is -0.460. The molecule has 3 aromatic rings. The van der Waals surface area contributed by atoms with Crippen LogP contribution in [0.4, 0.5) is 20.9 Å². The summed E-state index contributed by atoms with van der Waals surface area (Å²) < 4.78 is 14.3. The van der Waals surface area contributed by atoms with E-state index in [0.717, 1.165) is 11.3 Å². The summed E-state index contributed by atoms with van der Waals surface area (Å²) in [5.41, 5.74) is 2.25. The summed E-state index contributed by atoms with van der Waals surface area (Å²) >= 11 is 2.65. The molecule has 0 fully saturated rings. The monoisotopic (exact) mass is 388 g/mol. The van der Waals surface area contributed by atoms with Gasteiger partial charge in [0.05, 0.1) is 10.9 Å². The van der Waals surface area contributed by atoms with Crippen molar-refractivity contribution in [3.63, 3.8) is 0 Å². The molecule has 0 saturated heterocycles. The first kappa shape index (κ1) is 18.3. The predicted molar refractivity (Wildman–Crippen MR) is 105 cm³/mol. The van der Waals surface area contributed by atoms with Gasteiger partial charge < -0.3 is 10.6 Å². The molecule has 0 aliphatic carbocycles. The minimum absolute atomic E-state index is 0.170. The second-order valence-electron chi connectivity index (χ2n) is 5.60. The molecule has 26 heavy (non-hydrogen) atoms. The molecule has 0 unspecified atom stereocenters. The number of anilines is 3. The Hall–Kier alpha value is -2.45. The first-order chi connectivity index (χ1) is 12.5. The predicted octanol–water partition coefficient (Wildman–Crippen LogP) is 4.85. The number of hydrogen-bond acceptors (Lipinski definition) is 6. The molecule has 1 atom stereocenters. The summed E-state index contributed by atoms with van der Waals surface area (Å²) in [6.07, 6.45) is 0. The number of carbonyl (C=O) groups is 1. The molecular formula is C18H17FN4OS2. The van der Waals surface area contributed by atoms with E-state index in [9.17, 15) is 9.18 Å². The van der Waals surface area contributed by atoms with E-state index in [-0.39, 0.29) is 11.6 Å². The van der Waals surface area contributed by atoms with Gasteiger partial charge in [0, 0.05) is 5.69 Å². The third-order valence-electron chi connectivity index (χ3n) is 3.45. The van der Waals surface area contributed by atoms with Gasteiger partial charge in [-0.15, -0.1) is 10.2 Å². The Kier molecular flexibility index (Phi) is 5.85. The number of rotatable bonds is 6. The van der Waals surface area contributed by atoms with Crippen molar-refractivity contribution >= 4 is 45.5 Å². The lowest BCUT2D eigenvalue weighted by molar-refractivity contribution is -0.115. The Morgan fingerprint density at radius 2 is 2.00 bits per heavy atom. The molecular weight excluding hydrogens is 371 g/mol. The van der Waals surface area contributed by atoms with Gasteiger partial charge in [0.25, 0.3) is 0 Å². The van der Waals surface area contributed by atoms with Crippen molar-refractivity contribution in [2.45, 2.75) is 23.4 Å². The van der Waals surface area contributed by atoms with Crippen LogP contribution in [0, 0.1) is 12.7 Å². The van der Waals surface area contributed by atoms with E-state index in [4.69, 9.17) is 0 Å². The van der Waals surface area contributed by atoms with Crippen LogP contribution in [0.3, 0.4) is 0 Å². The van der Waals surface area contributed by atoms with Crippen molar-refractivity contribution in [2.24, 2.45) is 0 Å². The Morgan fingerprint density at radius 1 is 1.19 bits per heavy atom. The second kappa shape index (κ2) is 8.29. The van der Waals surface area contributed by atoms with Gasteiger partial charge in [0.2, 0.25) is 11.0 Å². The molecule has 0 bridgehead atoms. The van der Waals surface area contributed by atoms with Crippen molar-refractivity contribution < 1.29 is 9.18 Å². The first-order valence-electron chi connectivity index (χ1n) is 7.90. The SMILES string of the molecule is Cc1cccc(Nc2nnc(S[C@H](C)C(=O)Nc3ccccc3F)s2)c1. The van der Waals surface area contributed by atoms with Crippen LogP contribution >= 0.6 is 23.1 Å². The molecule has 0 aliphatic rings. The third kappa shape index (κ3) is 4.80.